The van der Waals surface area contributed by atoms with Crippen LogP contribution in [-0.2, 0) is 19.7 Å². The number of rotatable bonds is 7. The molecule has 5 nitrogen and oxygen atoms in total. The number of esters is 1. The lowest BCUT2D eigenvalue weighted by Gasteiger charge is -2.12. The largest absolute Gasteiger partial charge is 0.490 e. The number of halogens is 2. The van der Waals surface area contributed by atoms with Crippen LogP contribution in [0.4, 0.5) is 5.69 Å². The highest BCUT2D eigenvalue weighted by Gasteiger charge is 2.07. The van der Waals surface area contributed by atoms with Gasteiger partial charge in [-0.3, -0.25) is 9.59 Å². The van der Waals surface area contributed by atoms with Crippen molar-refractivity contribution in [3.8, 4) is 5.75 Å². The van der Waals surface area contributed by atoms with Crippen molar-refractivity contribution in [2.24, 2.45) is 0 Å². The van der Waals surface area contributed by atoms with Gasteiger partial charge in [0, 0.05) is 29.6 Å². The van der Waals surface area contributed by atoms with Gasteiger partial charge < -0.3 is 14.8 Å². The molecule has 1 aromatic rings. The highest BCUT2D eigenvalue weighted by atomic mass is 79.9. The normalized spacial score (nSPS) is 9.95. The Bertz CT molecular complexity index is 481. The van der Waals surface area contributed by atoms with Crippen molar-refractivity contribution in [3.63, 3.8) is 0 Å². The summed E-state index contributed by atoms with van der Waals surface area (Å²) in [6.07, 6.45) is 0. The Morgan fingerprint density at radius 3 is 2.70 bits per heavy atom. The minimum atomic E-state index is -0.350. The van der Waals surface area contributed by atoms with E-state index in [1.165, 1.54) is 6.92 Å². The first-order valence-corrected chi connectivity index (χ1v) is 7.53. The maximum atomic E-state index is 11.2. The minimum absolute atomic E-state index is 0.108. The highest BCUT2D eigenvalue weighted by Crippen LogP contribution is 2.25. The Balaban J connectivity index is 2.68. The molecule has 0 spiro atoms. The molecule has 1 amide bonds. The second-order valence-electron chi connectivity index (χ2n) is 3.83. The molecule has 0 aliphatic carbocycles. The maximum Gasteiger partial charge on any atom is 0.302 e. The Labute approximate surface area is 130 Å². The van der Waals surface area contributed by atoms with Gasteiger partial charge in [-0.05, 0) is 6.07 Å². The van der Waals surface area contributed by atoms with E-state index in [0.29, 0.717) is 16.8 Å². The van der Waals surface area contributed by atoms with E-state index in [9.17, 15) is 9.59 Å². The van der Waals surface area contributed by atoms with Gasteiger partial charge in [-0.15, -0.1) is 11.6 Å². The Kier molecular flexibility index (Phi) is 7.40. The third-order valence-corrected chi connectivity index (χ3v) is 3.11. The van der Waals surface area contributed by atoms with Crippen LogP contribution in [0.1, 0.15) is 12.5 Å². The van der Waals surface area contributed by atoms with Gasteiger partial charge in [-0.25, -0.2) is 0 Å². The van der Waals surface area contributed by atoms with Crippen LogP contribution in [0.15, 0.2) is 18.2 Å². The maximum absolute atomic E-state index is 11.2. The molecule has 0 fully saturated rings. The lowest BCUT2D eigenvalue weighted by molar-refractivity contribution is -0.141. The molecule has 1 rings (SSSR count). The fourth-order valence-electron chi connectivity index (χ4n) is 1.41. The highest BCUT2D eigenvalue weighted by molar-refractivity contribution is 9.08. The predicted octanol–water partition coefficient (Wildman–Crippen LogP) is 2.70. The first kappa shape index (κ1) is 16.8. The van der Waals surface area contributed by atoms with Crippen molar-refractivity contribution >= 4 is 45.1 Å². The van der Waals surface area contributed by atoms with Crippen LogP contribution in [0.2, 0.25) is 0 Å². The quantitative estimate of drug-likeness (QED) is 0.459. The third-order valence-electron chi connectivity index (χ3n) is 2.26. The van der Waals surface area contributed by atoms with Crippen molar-refractivity contribution in [3.05, 3.63) is 23.8 Å². The molecule has 0 saturated carbocycles. The summed E-state index contributed by atoms with van der Waals surface area (Å²) in [6, 6.07) is 5.30. The summed E-state index contributed by atoms with van der Waals surface area (Å²) in [7, 11) is 0. The lowest BCUT2D eigenvalue weighted by atomic mass is 10.2. The Morgan fingerprint density at radius 1 is 1.35 bits per heavy atom. The van der Waals surface area contributed by atoms with Crippen LogP contribution in [0, 0.1) is 0 Å². The zero-order valence-electron chi connectivity index (χ0n) is 10.9. The number of alkyl halides is 2. The molecule has 0 atom stereocenters. The zero-order valence-corrected chi connectivity index (χ0v) is 13.3. The minimum Gasteiger partial charge on any atom is -0.490 e. The summed E-state index contributed by atoms with van der Waals surface area (Å²) in [5, 5.41) is 3.25. The molecule has 0 unspecified atom stereocenters. The molecular formula is C13H15BrClNO4. The van der Waals surface area contributed by atoms with Crippen LogP contribution in [0.25, 0.3) is 0 Å². The summed E-state index contributed by atoms with van der Waals surface area (Å²) in [6.45, 7) is 1.76. The van der Waals surface area contributed by atoms with Crippen LogP contribution in [0.3, 0.4) is 0 Å². The van der Waals surface area contributed by atoms with Crippen molar-refractivity contribution in [2.75, 3.05) is 24.4 Å². The standard InChI is InChI=1S/C13H15BrClNO4/c1-9(17)19-4-5-20-12-6-11(16-13(18)8-15)3-2-10(12)7-14/h2-3,6H,4-5,7-8H2,1H3,(H,16,18). The van der Waals surface area contributed by atoms with Crippen LogP contribution in [-0.4, -0.2) is 31.0 Å². The van der Waals surface area contributed by atoms with E-state index in [1.807, 2.05) is 6.07 Å². The average Bonchev–Trinajstić information content (AvgIpc) is 2.43. The molecule has 0 radical (unpaired) electrons. The molecule has 1 aromatic carbocycles. The number of ether oxygens (including phenoxy) is 2. The number of carbonyl (C=O) groups excluding carboxylic acids is 2. The van der Waals surface area contributed by atoms with Crippen LogP contribution < -0.4 is 10.1 Å². The average molecular weight is 365 g/mol. The smallest absolute Gasteiger partial charge is 0.302 e. The summed E-state index contributed by atoms with van der Waals surface area (Å²) < 4.78 is 10.3. The van der Waals surface area contributed by atoms with Gasteiger partial charge in [-0.2, -0.15) is 0 Å². The van der Waals surface area contributed by atoms with Crippen LogP contribution in [0.5, 0.6) is 5.75 Å². The second-order valence-corrected chi connectivity index (χ2v) is 4.65. The van der Waals surface area contributed by atoms with Gasteiger partial charge in [0.25, 0.3) is 0 Å². The molecule has 0 saturated heterocycles. The van der Waals surface area contributed by atoms with E-state index in [0.717, 1.165) is 5.56 Å². The molecule has 7 heteroatoms. The van der Waals surface area contributed by atoms with Crippen LogP contribution >= 0.6 is 27.5 Å². The number of amides is 1. The lowest BCUT2D eigenvalue weighted by Crippen LogP contribution is -2.13. The van der Waals surface area contributed by atoms with Crippen molar-refractivity contribution in [1.29, 1.82) is 0 Å². The summed E-state index contributed by atoms with van der Waals surface area (Å²) >= 11 is 8.79. The fraction of sp³-hybridized carbons (Fsp3) is 0.385. The van der Waals surface area contributed by atoms with Gasteiger partial charge in [-0.1, -0.05) is 22.0 Å². The van der Waals surface area contributed by atoms with Crippen molar-refractivity contribution < 1.29 is 19.1 Å². The van der Waals surface area contributed by atoms with E-state index in [-0.39, 0.29) is 31.0 Å². The number of hydrogen-bond donors (Lipinski definition) is 1. The Hall–Kier alpha value is -1.27. The van der Waals surface area contributed by atoms with Gasteiger partial charge in [0.2, 0.25) is 5.91 Å². The molecule has 0 aliphatic heterocycles. The van der Waals surface area contributed by atoms with Crippen molar-refractivity contribution in [2.45, 2.75) is 12.3 Å². The zero-order chi connectivity index (χ0) is 15.0. The van der Waals surface area contributed by atoms with E-state index < -0.39 is 0 Å². The van der Waals surface area contributed by atoms with E-state index >= 15 is 0 Å². The summed E-state index contributed by atoms with van der Waals surface area (Å²) in [5.74, 6) is -0.133. The third kappa shape index (κ3) is 5.79. The number of anilines is 1. The molecule has 1 N–H and O–H groups in total. The number of carbonyl (C=O) groups is 2. The SMILES string of the molecule is CC(=O)OCCOc1cc(NC(=O)CCl)ccc1CBr. The molecule has 20 heavy (non-hydrogen) atoms. The summed E-state index contributed by atoms with van der Waals surface area (Å²) in [5.41, 5.74) is 1.53. The molecular weight excluding hydrogens is 350 g/mol. The number of benzene rings is 1. The number of hydrogen-bond acceptors (Lipinski definition) is 4. The first-order chi connectivity index (χ1) is 9.56. The first-order valence-electron chi connectivity index (χ1n) is 5.87. The monoisotopic (exact) mass is 363 g/mol. The van der Waals surface area contributed by atoms with Gasteiger partial charge in [0.1, 0.15) is 24.8 Å². The predicted molar refractivity (Wildman–Crippen MR) is 80.6 cm³/mol. The van der Waals surface area contributed by atoms with Gasteiger partial charge in [0.15, 0.2) is 0 Å². The second kappa shape index (κ2) is 8.81. The molecule has 0 aliphatic rings. The molecule has 0 aromatic heterocycles. The van der Waals surface area contributed by atoms with Gasteiger partial charge in [0.05, 0.1) is 0 Å². The van der Waals surface area contributed by atoms with Gasteiger partial charge >= 0.3 is 5.97 Å². The Morgan fingerprint density at radius 2 is 2.10 bits per heavy atom. The molecule has 110 valence electrons. The fourth-order valence-corrected chi connectivity index (χ4v) is 1.94. The van der Waals surface area contributed by atoms with Crippen molar-refractivity contribution in [1.82, 2.24) is 0 Å². The van der Waals surface area contributed by atoms with E-state index in [2.05, 4.69) is 21.2 Å². The molecule has 0 heterocycles. The molecule has 0 bridgehead atoms. The topological polar surface area (TPSA) is 64.6 Å². The summed E-state index contributed by atoms with van der Waals surface area (Å²) in [4.78, 5) is 21.9. The van der Waals surface area contributed by atoms with E-state index in [4.69, 9.17) is 21.1 Å². The van der Waals surface area contributed by atoms with E-state index in [1.54, 1.807) is 12.1 Å². The number of nitrogens with one attached hydrogen (secondary N) is 1.